The van der Waals surface area contributed by atoms with Crippen molar-refractivity contribution in [3.63, 3.8) is 0 Å². The molecule has 1 aliphatic rings. The predicted molar refractivity (Wildman–Crippen MR) is 74.9 cm³/mol. The van der Waals surface area contributed by atoms with Gasteiger partial charge in [0.1, 0.15) is 11.6 Å². The Morgan fingerprint density at radius 1 is 1.50 bits per heavy atom. The summed E-state index contributed by atoms with van der Waals surface area (Å²) >= 11 is 0. The molecule has 0 amide bonds. The smallest absolute Gasteiger partial charge is 0.140 e. The number of aromatic nitrogens is 2. The SMILES string of the molecule is Cc1cc(F)ccc1-c1nccn1[C@H]1CN[C@H](CO)C1. The van der Waals surface area contributed by atoms with E-state index in [2.05, 4.69) is 14.9 Å². The van der Waals surface area contributed by atoms with Crippen molar-refractivity contribution < 1.29 is 9.50 Å². The number of nitrogens with one attached hydrogen (secondary N) is 1. The van der Waals surface area contributed by atoms with E-state index in [-0.39, 0.29) is 24.5 Å². The highest BCUT2D eigenvalue weighted by Gasteiger charge is 2.26. The van der Waals surface area contributed by atoms with Crippen molar-refractivity contribution >= 4 is 0 Å². The monoisotopic (exact) mass is 275 g/mol. The molecule has 0 radical (unpaired) electrons. The molecule has 20 heavy (non-hydrogen) atoms. The minimum atomic E-state index is -0.229. The fourth-order valence-electron chi connectivity index (χ4n) is 2.84. The largest absolute Gasteiger partial charge is 0.395 e. The van der Waals surface area contributed by atoms with Crippen LogP contribution in [0, 0.1) is 12.7 Å². The van der Waals surface area contributed by atoms with Gasteiger partial charge in [-0.25, -0.2) is 9.37 Å². The van der Waals surface area contributed by atoms with Gasteiger partial charge in [0, 0.05) is 36.6 Å². The molecular formula is C15H18FN3O. The number of hydrogen-bond acceptors (Lipinski definition) is 3. The topological polar surface area (TPSA) is 50.1 Å². The maximum absolute atomic E-state index is 13.2. The van der Waals surface area contributed by atoms with Crippen LogP contribution in [0.4, 0.5) is 4.39 Å². The number of nitrogens with zero attached hydrogens (tertiary/aromatic N) is 2. The molecule has 1 aliphatic heterocycles. The Bertz CT molecular complexity index is 611. The van der Waals surface area contributed by atoms with E-state index in [1.807, 2.05) is 13.1 Å². The van der Waals surface area contributed by atoms with Crippen LogP contribution < -0.4 is 5.32 Å². The van der Waals surface area contributed by atoms with E-state index >= 15 is 0 Å². The van der Waals surface area contributed by atoms with Gasteiger partial charge < -0.3 is 15.0 Å². The standard InChI is InChI=1S/C15H18FN3O/c1-10-6-11(16)2-3-14(10)15-17-4-5-19(15)13-7-12(9-20)18-8-13/h2-6,12-13,18,20H,7-9H2,1H3/t12-,13+/m0/s1. The maximum atomic E-state index is 13.2. The molecule has 1 saturated heterocycles. The highest BCUT2D eigenvalue weighted by atomic mass is 19.1. The van der Waals surface area contributed by atoms with E-state index in [0.717, 1.165) is 29.9 Å². The molecule has 2 heterocycles. The zero-order valence-corrected chi connectivity index (χ0v) is 11.4. The highest BCUT2D eigenvalue weighted by Crippen LogP contribution is 2.28. The van der Waals surface area contributed by atoms with E-state index < -0.39 is 0 Å². The third kappa shape index (κ3) is 2.34. The van der Waals surface area contributed by atoms with E-state index in [0.29, 0.717) is 0 Å². The van der Waals surface area contributed by atoms with E-state index in [1.165, 1.54) is 12.1 Å². The molecular weight excluding hydrogens is 257 g/mol. The zero-order valence-electron chi connectivity index (χ0n) is 11.4. The quantitative estimate of drug-likeness (QED) is 0.899. The number of aryl methyl sites for hydroxylation is 1. The van der Waals surface area contributed by atoms with Gasteiger partial charge >= 0.3 is 0 Å². The average Bonchev–Trinajstić information content (AvgIpc) is 3.06. The zero-order chi connectivity index (χ0) is 14.1. The number of imidazole rings is 1. The Balaban J connectivity index is 1.94. The van der Waals surface area contributed by atoms with Gasteiger partial charge in [0.25, 0.3) is 0 Å². The first kappa shape index (κ1) is 13.3. The molecule has 0 aliphatic carbocycles. The van der Waals surface area contributed by atoms with Gasteiger partial charge in [-0.3, -0.25) is 0 Å². The second-order valence-electron chi connectivity index (χ2n) is 5.29. The van der Waals surface area contributed by atoms with Gasteiger partial charge in [-0.1, -0.05) is 0 Å². The van der Waals surface area contributed by atoms with Gasteiger partial charge in [-0.2, -0.15) is 0 Å². The van der Waals surface area contributed by atoms with Crippen molar-refractivity contribution in [3.05, 3.63) is 42.0 Å². The molecule has 0 spiro atoms. The Hall–Kier alpha value is -1.72. The first-order valence-corrected chi connectivity index (χ1v) is 6.82. The van der Waals surface area contributed by atoms with Crippen molar-refractivity contribution in [1.29, 1.82) is 0 Å². The molecule has 4 nitrogen and oxygen atoms in total. The predicted octanol–water partition coefficient (Wildman–Crippen LogP) is 1.89. The number of rotatable bonds is 3. The normalized spacial score (nSPS) is 22.4. The third-order valence-electron chi connectivity index (χ3n) is 3.91. The number of hydrogen-bond donors (Lipinski definition) is 2. The summed E-state index contributed by atoms with van der Waals surface area (Å²) in [6, 6.07) is 5.18. The summed E-state index contributed by atoms with van der Waals surface area (Å²) in [5.74, 6) is 0.625. The van der Waals surface area contributed by atoms with Crippen LogP contribution in [0.2, 0.25) is 0 Å². The number of aliphatic hydroxyl groups is 1. The molecule has 5 heteroatoms. The maximum Gasteiger partial charge on any atom is 0.140 e. The summed E-state index contributed by atoms with van der Waals surface area (Å²) in [5, 5.41) is 12.5. The van der Waals surface area contributed by atoms with Gasteiger partial charge in [0.05, 0.1) is 6.61 Å². The number of aliphatic hydroxyl groups excluding tert-OH is 1. The molecule has 2 aromatic rings. The molecule has 1 aromatic heterocycles. The lowest BCUT2D eigenvalue weighted by Gasteiger charge is -2.16. The Morgan fingerprint density at radius 3 is 3.05 bits per heavy atom. The van der Waals surface area contributed by atoms with Crippen LogP contribution in [0.3, 0.4) is 0 Å². The fourth-order valence-corrected chi connectivity index (χ4v) is 2.84. The van der Waals surface area contributed by atoms with E-state index in [9.17, 15) is 9.50 Å². The molecule has 1 aromatic carbocycles. The Morgan fingerprint density at radius 2 is 2.35 bits per heavy atom. The fraction of sp³-hybridized carbons (Fsp3) is 0.400. The second-order valence-corrected chi connectivity index (χ2v) is 5.29. The van der Waals surface area contributed by atoms with Crippen LogP contribution in [0.15, 0.2) is 30.6 Å². The molecule has 3 rings (SSSR count). The van der Waals surface area contributed by atoms with E-state index in [1.54, 1.807) is 12.3 Å². The van der Waals surface area contributed by atoms with Crippen LogP contribution in [0.25, 0.3) is 11.4 Å². The van der Waals surface area contributed by atoms with E-state index in [4.69, 9.17) is 0 Å². The van der Waals surface area contributed by atoms with Gasteiger partial charge in [-0.05, 0) is 37.1 Å². The Labute approximate surface area is 117 Å². The molecule has 0 saturated carbocycles. The second kappa shape index (κ2) is 5.34. The van der Waals surface area contributed by atoms with Crippen molar-refractivity contribution in [2.24, 2.45) is 0 Å². The minimum Gasteiger partial charge on any atom is -0.395 e. The van der Waals surface area contributed by atoms with Crippen LogP contribution >= 0.6 is 0 Å². The summed E-state index contributed by atoms with van der Waals surface area (Å²) in [7, 11) is 0. The number of halogens is 1. The van der Waals surface area contributed by atoms with Crippen LogP contribution in [-0.2, 0) is 0 Å². The summed E-state index contributed by atoms with van der Waals surface area (Å²) in [5.41, 5.74) is 1.82. The lowest BCUT2D eigenvalue weighted by atomic mass is 10.1. The van der Waals surface area contributed by atoms with Gasteiger partial charge in [0.15, 0.2) is 0 Å². The summed E-state index contributed by atoms with van der Waals surface area (Å²) in [6.45, 7) is 2.85. The molecule has 106 valence electrons. The van der Waals surface area contributed by atoms with Crippen LogP contribution in [0.5, 0.6) is 0 Å². The van der Waals surface area contributed by atoms with Crippen LogP contribution in [-0.4, -0.2) is 33.9 Å². The highest BCUT2D eigenvalue weighted by molar-refractivity contribution is 5.60. The molecule has 2 N–H and O–H groups in total. The summed E-state index contributed by atoms with van der Waals surface area (Å²) < 4.78 is 15.3. The third-order valence-corrected chi connectivity index (χ3v) is 3.91. The number of benzene rings is 1. The van der Waals surface area contributed by atoms with Crippen molar-refractivity contribution in [2.45, 2.75) is 25.4 Å². The molecule has 0 unspecified atom stereocenters. The summed E-state index contributed by atoms with van der Waals surface area (Å²) in [6.07, 6.45) is 4.59. The van der Waals surface area contributed by atoms with Crippen molar-refractivity contribution in [3.8, 4) is 11.4 Å². The molecule has 0 bridgehead atoms. The minimum absolute atomic E-state index is 0.143. The van der Waals surface area contributed by atoms with Crippen molar-refractivity contribution in [2.75, 3.05) is 13.2 Å². The van der Waals surface area contributed by atoms with Crippen LogP contribution in [0.1, 0.15) is 18.0 Å². The lowest BCUT2D eigenvalue weighted by Crippen LogP contribution is -2.24. The summed E-state index contributed by atoms with van der Waals surface area (Å²) in [4.78, 5) is 4.42. The molecule has 1 fully saturated rings. The first-order valence-electron chi connectivity index (χ1n) is 6.82. The lowest BCUT2D eigenvalue weighted by molar-refractivity contribution is 0.253. The van der Waals surface area contributed by atoms with Crippen molar-refractivity contribution in [1.82, 2.24) is 14.9 Å². The van der Waals surface area contributed by atoms with Gasteiger partial charge in [0.2, 0.25) is 0 Å². The first-order chi connectivity index (χ1) is 9.69. The Kier molecular flexibility index (Phi) is 3.54. The van der Waals surface area contributed by atoms with Gasteiger partial charge in [-0.15, -0.1) is 0 Å². The molecule has 2 atom stereocenters. The average molecular weight is 275 g/mol.